The van der Waals surface area contributed by atoms with Gasteiger partial charge in [-0.05, 0) is 40.4 Å². The fourth-order valence-corrected chi connectivity index (χ4v) is 5.74. The molecule has 5 rings (SSSR count). The maximum atomic E-state index is 13.1. The lowest BCUT2D eigenvalue weighted by Gasteiger charge is -2.39. The summed E-state index contributed by atoms with van der Waals surface area (Å²) in [6, 6.07) is 5.79. The van der Waals surface area contributed by atoms with E-state index in [1.807, 2.05) is 52.0 Å². The number of carbonyl (C=O) groups is 4. The van der Waals surface area contributed by atoms with Gasteiger partial charge in [-0.25, -0.2) is 9.59 Å². The van der Waals surface area contributed by atoms with Gasteiger partial charge in [0.15, 0.2) is 11.6 Å². The van der Waals surface area contributed by atoms with Crippen molar-refractivity contribution in [1.82, 2.24) is 21.3 Å². The van der Waals surface area contributed by atoms with Gasteiger partial charge >= 0.3 is 12.1 Å². The second-order valence-electron chi connectivity index (χ2n) is 11.4. The minimum atomic E-state index is -0.567. The molecule has 0 fully saturated rings. The number of ketones is 2. The third-order valence-corrected chi connectivity index (χ3v) is 7.10. The second-order valence-corrected chi connectivity index (χ2v) is 11.4. The van der Waals surface area contributed by atoms with E-state index in [2.05, 4.69) is 21.3 Å². The van der Waals surface area contributed by atoms with Crippen LogP contribution in [-0.4, -0.2) is 23.6 Å². The van der Waals surface area contributed by atoms with Crippen LogP contribution in [0.4, 0.5) is 9.59 Å². The largest absolute Gasteiger partial charge is 0.327 e. The van der Waals surface area contributed by atoms with Crippen LogP contribution in [0, 0.1) is 10.8 Å². The third-order valence-electron chi connectivity index (χ3n) is 7.10. The summed E-state index contributed by atoms with van der Waals surface area (Å²) in [7, 11) is 0. The highest BCUT2D eigenvalue weighted by molar-refractivity contribution is 6.02. The Morgan fingerprint density at radius 3 is 2.06 bits per heavy atom. The zero-order valence-electron chi connectivity index (χ0n) is 19.9. The first-order valence-corrected chi connectivity index (χ1v) is 11.7. The molecule has 0 radical (unpaired) electrons. The van der Waals surface area contributed by atoms with Crippen molar-refractivity contribution in [3.63, 3.8) is 0 Å². The lowest BCUT2D eigenvalue weighted by molar-refractivity contribution is -0.119. The number of hydrogen-bond acceptors (Lipinski definition) is 4. The Labute approximate surface area is 198 Å². The molecule has 34 heavy (non-hydrogen) atoms. The maximum absolute atomic E-state index is 13.1. The van der Waals surface area contributed by atoms with E-state index in [0.29, 0.717) is 42.7 Å². The van der Waals surface area contributed by atoms with Crippen molar-refractivity contribution in [2.75, 3.05) is 0 Å². The normalized spacial score (nSPS) is 27.8. The number of carbonyl (C=O) groups excluding carboxylic acids is 4. The van der Waals surface area contributed by atoms with Crippen LogP contribution in [0.2, 0.25) is 0 Å². The van der Waals surface area contributed by atoms with Crippen molar-refractivity contribution in [2.24, 2.45) is 10.8 Å². The smallest absolute Gasteiger partial charge is 0.320 e. The first-order chi connectivity index (χ1) is 15.9. The van der Waals surface area contributed by atoms with Gasteiger partial charge in [-0.15, -0.1) is 0 Å². The van der Waals surface area contributed by atoms with Gasteiger partial charge in [0.2, 0.25) is 0 Å². The summed E-state index contributed by atoms with van der Waals surface area (Å²) in [5.74, 6) is -0.0352. The highest BCUT2D eigenvalue weighted by Crippen LogP contribution is 2.44. The fourth-order valence-electron chi connectivity index (χ4n) is 5.74. The molecular formula is C26H30N4O4. The van der Waals surface area contributed by atoms with Crippen molar-refractivity contribution in [1.29, 1.82) is 0 Å². The Morgan fingerprint density at radius 2 is 1.32 bits per heavy atom. The van der Waals surface area contributed by atoms with Crippen LogP contribution in [-0.2, 0) is 9.59 Å². The summed E-state index contributed by atoms with van der Waals surface area (Å²) in [6.45, 7) is 8.15. The zero-order valence-corrected chi connectivity index (χ0v) is 19.9. The molecule has 2 unspecified atom stereocenters. The topological polar surface area (TPSA) is 116 Å². The van der Waals surface area contributed by atoms with Crippen molar-refractivity contribution in [2.45, 2.75) is 65.5 Å². The number of hydrogen-bond donors (Lipinski definition) is 4. The summed E-state index contributed by atoms with van der Waals surface area (Å²) >= 11 is 0. The van der Waals surface area contributed by atoms with E-state index in [4.69, 9.17) is 0 Å². The third kappa shape index (κ3) is 3.91. The van der Waals surface area contributed by atoms with E-state index in [9.17, 15) is 19.2 Å². The van der Waals surface area contributed by atoms with Crippen LogP contribution in [0.5, 0.6) is 0 Å². The number of amides is 4. The summed E-state index contributed by atoms with van der Waals surface area (Å²) in [5.41, 5.74) is 3.69. The average Bonchev–Trinajstić information content (AvgIpc) is 2.71. The van der Waals surface area contributed by atoms with Gasteiger partial charge in [0.1, 0.15) is 0 Å². The summed E-state index contributed by atoms with van der Waals surface area (Å²) < 4.78 is 0. The summed E-state index contributed by atoms with van der Waals surface area (Å²) in [4.78, 5) is 50.7. The van der Waals surface area contributed by atoms with Crippen LogP contribution < -0.4 is 21.3 Å². The van der Waals surface area contributed by atoms with Crippen molar-refractivity contribution < 1.29 is 19.2 Å². The van der Waals surface area contributed by atoms with E-state index < -0.39 is 18.1 Å². The number of nitrogens with one attached hydrogen (secondary N) is 4. The molecular weight excluding hydrogens is 432 g/mol. The lowest BCUT2D eigenvalue weighted by atomic mass is 9.71. The molecule has 1 aromatic carbocycles. The van der Waals surface area contributed by atoms with E-state index in [-0.39, 0.29) is 28.4 Å². The Kier molecular flexibility index (Phi) is 4.97. The molecule has 8 nitrogen and oxygen atoms in total. The molecule has 0 spiro atoms. The van der Waals surface area contributed by atoms with E-state index in [1.165, 1.54) is 0 Å². The highest BCUT2D eigenvalue weighted by atomic mass is 16.2. The van der Waals surface area contributed by atoms with E-state index in [0.717, 1.165) is 16.7 Å². The molecule has 1 aromatic rings. The second kappa shape index (κ2) is 7.55. The SMILES string of the molecule is CC1(C)CC(=O)C2=C(C1)NC(=O)NC2c1cccc(C2NC(=O)NC3=C2CC(C)(C)CC3=O)c1. The predicted molar refractivity (Wildman–Crippen MR) is 125 cm³/mol. The minimum Gasteiger partial charge on any atom is -0.327 e. The van der Waals surface area contributed by atoms with Gasteiger partial charge in [0, 0.05) is 24.1 Å². The molecule has 2 heterocycles. The number of allylic oxidation sites excluding steroid dienone is 2. The van der Waals surface area contributed by atoms with Crippen molar-refractivity contribution in [3.8, 4) is 0 Å². The molecule has 4 N–H and O–H groups in total. The average molecular weight is 463 g/mol. The number of benzene rings is 1. The standard InChI is InChI=1S/C26H30N4O4/c1-25(2)9-15-20(28-24(34)30-22(15)18(32)12-25)13-6-5-7-14(8-13)21-19-16(27-23(33)29-21)10-26(3,4)11-17(19)31/h5-8,20-21H,9-12H2,1-4H3,(H2,27,29,33)(H2,28,30,34). The first-order valence-electron chi connectivity index (χ1n) is 11.7. The minimum absolute atomic E-state index is 0.0222. The Balaban J connectivity index is 1.56. The quantitative estimate of drug-likeness (QED) is 0.536. The van der Waals surface area contributed by atoms with Gasteiger partial charge in [-0.3, -0.25) is 9.59 Å². The van der Waals surface area contributed by atoms with E-state index in [1.54, 1.807) is 0 Å². The van der Waals surface area contributed by atoms with Crippen molar-refractivity contribution >= 4 is 23.6 Å². The summed E-state index contributed by atoms with van der Waals surface area (Å²) in [5, 5.41) is 11.4. The fraction of sp³-hybridized carbons (Fsp3) is 0.462. The lowest BCUT2D eigenvalue weighted by Crippen LogP contribution is -2.49. The zero-order chi connectivity index (χ0) is 24.4. The number of rotatable bonds is 2. The molecule has 0 aromatic heterocycles. The summed E-state index contributed by atoms with van der Waals surface area (Å²) in [6.07, 6.45) is 2.09. The molecule has 8 heteroatoms. The van der Waals surface area contributed by atoms with Crippen LogP contribution in [0.3, 0.4) is 0 Å². The van der Waals surface area contributed by atoms with Crippen LogP contribution in [0.15, 0.2) is 46.8 Å². The monoisotopic (exact) mass is 462 g/mol. The molecule has 2 aliphatic heterocycles. The van der Waals surface area contributed by atoms with E-state index >= 15 is 0 Å². The van der Waals surface area contributed by atoms with Crippen LogP contribution in [0.1, 0.15) is 76.6 Å². The molecule has 4 aliphatic rings. The maximum Gasteiger partial charge on any atom is 0.320 e. The van der Waals surface area contributed by atoms with Gasteiger partial charge in [-0.2, -0.15) is 0 Å². The Bertz CT molecular complexity index is 1210. The molecule has 0 saturated carbocycles. The number of Topliss-reactive ketones (excluding diaryl/α,β-unsaturated/α-hetero) is 2. The first kappa shape index (κ1) is 22.4. The highest BCUT2D eigenvalue weighted by Gasteiger charge is 2.42. The van der Waals surface area contributed by atoms with Gasteiger partial charge < -0.3 is 21.3 Å². The van der Waals surface area contributed by atoms with Gasteiger partial charge in [-0.1, -0.05) is 52.0 Å². The predicted octanol–water partition coefficient (Wildman–Crippen LogP) is 3.68. The van der Waals surface area contributed by atoms with Gasteiger partial charge in [0.05, 0.1) is 17.8 Å². The Hall–Kier alpha value is -3.42. The Morgan fingerprint density at radius 1 is 0.735 bits per heavy atom. The molecule has 0 saturated heterocycles. The molecule has 4 amide bonds. The van der Waals surface area contributed by atoms with Crippen molar-refractivity contribution in [3.05, 3.63) is 57.9 Å². The molecule has 0 bridgehead atoms. The van der Waals surface area contributed by atoms with Crippen LogP contribution in [0.25, 0.3) is 0 Å². The molecule has 2 aliphatic carbocycles. The van der Waals surface area contributed by atoms with Crippen LogP contribution >= 0.6 is 0 Å². The van der Waals surface area contributed by atoms with Gasteiger partial charge in [0.25, 0.3) is 0 Å². The molecule has 2 atom stereocenters. The molecule has 178 valence electrons. The number of urea groups is 2.